The van der Waals surface area contributed by atoms with Gasteiger partial charge in [0.15, 0.2) is 0 Å². The van der Waals surface area contributed by atoms with E-state index < -0.39 is 4.92 Å². The van der Waals surface area contributed by atoms with Crippen LogP contribution in [0, 0.1) is 10.1 Å². The van der Waals surface area contributed by atoms with Crippen LogP contribution in [0.25, 0.3) is 0 Å². The molecule has 0 saturated carbocycles. The first kappa shape index (κ1) is 17.4. The summed E-state index contributed by atoms with van der Waals surface area (Å²) in [5, 5.41) is 18.5. The fraction of sp³-hybridized carbons (Fsp3) is 0.400. The molecule has 0 unspecified atom stereocenters. The Hall–Kier alpha value is -1.93. The monoisotopic (exact) mass is 381 g/mol. The lowest BCUT2D eigenvalue weighted by molar-refractivity contribution is -0.384. The molecule has 1 aromatic heterocycles. The Bertz CT molecular complexity index is 670. The van der Waals surface area contributed by atoms with Gasteiger partial charge in [0.25, 0.3) is 5.69 Å². The molecule has 0 aliphatic carbocycles. The van der Waals surface area contributed by atoms with Crippen LogP contribution in [-0.4, -0.2) is 39.2 Å². The number of rotatable bonds is 8. The minimum Gasteiger partial charge on any atom is -0.347 e. The number of nitro benzene ring substituents is 1. The minimum absolute atomic E-state index is 0.0234. The lowest BCUT2D eigenvalue weighted by atomic mass is 10.2. The van der Waals surface area contributed by atoms with E-state index in [4.69, 9.17) is 0 Å². The summed E-state index contributed by atoms with van der Waals surface area (Å²) >= 11 is 3.25. The van der Waals surface area contributed by atoms with Gasteiger partial charge in [0, 0.05) is 23.3 Å². The van der Waals surface area contributed by atoms with E-state index in [1.807, 2.05) is 10.9 Å². The molecule has 1 aromatic carbocycles. The number of likely N-dealkylation sites (N-methyl/N-ethyl adjacent to an activating group) is 1. The van der Waals surface area contributed by atoms with Gasteiger partial charge in [-0.1, -0.05) is 29.8 Å². The van der Waals surface area contributed by atoms with Crippen LogP contribution in [0.2, 0.25) is 0 Å². The van der Waals surface area contributed by atoms with Crippen molar-refractivity contribution in [2.75, 3.05) is 25.0 Å². The normalized spacial score (nSPS) is 11.0. The average molecular weight is 382 g/mol. The summed E-state index contributed by atoms with van der Waals surface area (Å²) in [7, 11) is 0. The molecule has 0 fully saturated rings. The molecule has 1 heterocycles. The Kier molecular flexibility index (Phi) is 6.12. The second-order valence-electron chi connectivity index (χ2n) is 5.06. The molecular weight excluding hydrogens is 362 g/mol. The van der Waals surface area contributed by atoms with Gasteiger partial charge in [-0.25, -0.2) is 0 Å². The lowest BCUT2D eigenvalue weighted by Gasteiger charge is -2.17. The highest BCUT2D eigenvalue weighted by Crippen LogP contribution is 2.30. The molecule has 0 radical (unpaired) electrons. The maximum atomic E-state index is 11.1. The standard InChI is InChI=1S/C15H20BrN5O2/c1-3-19(4-2)7-8-20-11-13(10-17-20)18-14-6-5-12(16)9-15(14)21(22)23/h5-6,9-11,18H,3-4,7-8H2,1-2H3. The van der Waals surface area contributed by atoms with E-state index in [1.165, 1.54) is 6.07 Å². The molecule has 7 nitrogen and oxygen atoms in total. The van der Waals surface area contributed by atoms with E-state index >= 15 is 0 Å². The Balaban J connectivity index is 2.06. The zero-order valence-corrected chi connectivity index (χ0v) is 14.8. The van der Waals surface area contributed by atoms with E-state index in [0.717, 1.165) is 31.9 Å². The van der Waals surface area contributed by atoms with Crippen LogP contribution in [0.1, 0.15) is 13.8 Å². The fourth-order valence-electron chi connectivity index (χ4n) is 2.25. The summed E-state index contributed by atoms with van der Waals surface area (Å²) < 4.78 is 2.51. The van der Waals surface area contributed by atoms with Crippen molar-refractivity contribution in [1.29, 1.82) is 0 Å². The van der Waals surface area contributed by atoms with Gasteiger partial charge in [-0.3, -0.25) is 14.8 Å². The Morgan fingerprint density at radius 3 is 2.78 bits per heavy atom. The number of nitro groups is 1. The zero-order chi connectivity index (χ0) is 16.8. The van der Waals surface area contributed by atoms with Crippen molar-refractivity contribution in [3.8, 4) is 0 Å². The maximum Gasteiger partial charge on any atom is 0.293 e. The van der Waals surface area contributed by atoms with Gasteiger partial charge in [0.05, 0.1) is 23.4 Å². The van der Waals surface area contributed by atoms with Crippen LogP contribution in [0.4, 0.5) is 17.1 Å². The first-order valence-corrected chi connectivity index (χ1v) is 8.28. The third-order valence-corrected chi connectivity index (χ3v) is 4.10. The number of aromatic nitrogens is 2. The number of halogens is 1. The van der Waals surface area contributed by atoms with E-state index in [0.29, 0.717) is 10.2 Å². The zero-order valence-electron chi connectivity index (χ0n) is 13.2. The summed E-state index contributed by atoms with van der Waals surface area (Å²) in [6.45, 7) is 7.98. The molecule has 0 spiro atoms. The second-order valence-corrected chi connectivity index (χ2v) is 5.98. The van der Waals surface area contributed by atoms with Crippen molar-refractivity contribution < 1.29 is 4.92 Å². The van der Waals surface area contributed by atoms with Crippen LogP contribution < -0.4 is 5.32 Å². The minimum atomic E-state index is -0.405. The number of anilines is 2. The van der Waals surface area contributed by atoms with Gasteiger partial charge in [0.2, 0.25) is 0 Å². The molecule has 0 amide bonds. The molecule has 0 aliphatic rings. The predicted molar refractivity (Wildman–Crippen MR) is 94.1 cm³/mol. The van der Waals surface area contributed by atoms with Crippen LogP contribution >= 0.6 is 15.9 Å². The lowest BCUT2D eigenvalue weighted by Crippen LogP contribution is -2.27. The molecule has 2 rings (SSSR count). The number of hydrogen-bond donors (Lipinski definition) is 1. The van der Waals surface area contributed by atoms with Crippen LogP contribution in [-0.2, 0) is 6.54 Å². The SMILES string of the molecule is CCN(CC)CCn1cc(Nc2ccc(Br)cc2[N+](=O)[O-])cn1. The van der Waals surface area contributed by atoms with Crippen molar-refractivity contribution in [3.63, 3.8) is 0 Å². The molecule has 0 atom stereocenters. The summed E-state index contributed by atoms with van der Waals surface area (Å²) in [4.78, 5) is 13.0. The first-order chi connectivity index (χ1) is 11.0. The third kappa shape index (κ3) is 4.77. The van der Waals surface area contributed by atoms with Crippen LogP contribution in [0.3, 0.4) is 0 Å². The Morgan fingerprint density at radius 1 is 1.39 bits per heavy atom. The van der Waals surface area contributed by atoms with Crippen molar-refractivity contribution in [3.05, 3.63) is 45.2 Å². The predicted octanol–water partition coefficient (Wildman–Crippen LogP) is 3.64. The molecule has 0 aliphatic heterocycles. The summed E-state index contributed by atoms with van der Waals surface area (Å²) in [6, 6.07) is 4.92. The Labute approximate surface area is 143 Å². The van der Waals surface area contributed by atoms with Crippen molar-refractivity contribution >= 4 is 33.0 Å². The highest BCUT2D eigenvalue weighted by Gasteiger charge is 2.14. The van der Waals surface area contributed by atoms with E-state index in [1.54, 1.807) is 18.3 Å². The smallest absolute Gasteiger partial charge is 0.293 e. The summed E-state index contributed by atoms with van der Waals surface area (Å²) in [6.07, 6.45) is 3.53. The molecule has 1 N–H and O–H groups in total. The topological polar surface area (TPSA) is 76.2 Å². The van der Waals surface area contributed by atoms with Gasteiger partial charge in [0.1, 0.15) is 5.69 Å². The molecule has 124 valence electrons. The van der Waals surface area contributed by atoms with E-state index in [2.05, 4.69) is 45.1 Å². The largest absolute Gasteiger partial charge is 0.347 e. The number of hydrogen-bond acceptors (Lipinski definition) is 5. The van der Waals surface area contributed by atoms with Crippen LogP contribution in [0.5, 0.6) is 0 Å². The van der Waals surface area contributed by atoms with Crippen LogP contribution in [0.15, 0.2) is 35.1 Å². The number of nitrogens with one attached hydrogen (secondary N) is 1. The van der Waals surface area contributed by atoms with Gasteiger partial charge in [-0.2, -0.15) is 5.10 Å². The highest BCUT2D eigenvalue weighted by molar-refractivity contribution is 9.10. The second kappa shape index (κ2) is 8.07. The summed E-state index contributed by atoms with van der Waals surface area (Å²) in [5.41, 5.74) is 1.20. The first-order valence-electron chi connectivity index (χ1n) is 7.49. The van der Waals surface area contributed by atoms with Gasteiger partial charge < -0.3 is 10.2 Å². The molecule has 2 aromatic rings. The fourth-order valence-corrected chi connectivity index (χ4v) is 2.60. The molecule has 8 heteroatoms. The quantitative estimate of drug-likeness (QED) is 0.557. The van der Waals surface area contributed by atoms with Gasteiger partial charge in [-0.05, 0) is 25.2 Å². The van der Waals surface area contributed by atoms with Crippen molar-refractivity contribution in [1.82, 2.24) is 14.7 Å². The Morgan fingerprint density at radius 2 is 2.13 bits per heavy atom. The van der Waals surface area contributed by atoms with Gasteiger partial charge in [-0.15, -0.1) is 0 Å². The van der Waals surface area contributed by atoms with Crippen molar-refractivity contribution in [2.45, 2.75) is 20.4 Å². The van der Waals surface area contributed by atoms with Gasteiger partial charge >= 0.3 is 0 Å². The molecule has 23 heavy (non-hydrogen) atoms. The molecule has 0 saturated heterocycles. The molecular formula is C15H20BrN5O2. The maximum absolute atomic E-state index is 11.1. The summed E-state index contributed by atoms with van der Waals surface area (Å²) in [5.74, 6) is 0. The van der Waals surface area contributed by atoms with Crippen molar-refractivity contribution in [2.24, 2.45) is 0 Å². The number of nitrogens with zero attached hydrogens (tertiary/aromatic N) is 4. The highest BCUT2D eigenvalue weighted by atomic mass is 79.9. The number of benzene rings is 1. The molecule has 0 bridgehead atoms. The third-order valence-electron chi connectivity index (χ3n) is 3.61. The van der Waals surface area contributed by atoms with E-state index in [-0.39, 0.29) is 5.69 Å². The van der Waals surface area contributed by atoms with E-state index in [9.17, 15) is 10.1 Å². The average Bonchev–Trinajstić information content (AvgIpc) is 2.97.